The zero-order valence-corrected chi connectivity index (χ0v) is 12.4. The molecule has 0 N–H and O–H groups in total. The molecule has 0 saturated carbocycles. The second kappa shape index (κ2) is 7.14. The maximum atomic E-state index is 11.8. The highest BCUT2D eigenvalue weighted by molar-refractivity contribution is 7.92. The molecule has 0 aromatic carbocycles. The van der Waals surface area contributed by atoms with E-state index in [1.807, 2.05) is 0 Å². The average molecular weight is 262 g/mol. The van der Waals surface area contributed by atoms with E-state index in [0.29, 0.717) is 6.42 Å². The third-order valence-electron chi connectivity index (χ3n) is 3.36. The molecule has 0 spiro atoms. The summed E-state index contributed by atoms with van der Waals surface area (Å²) in [6.07, 6.45) is 8.13. The maximum Gasteiger partial charge on any atom is 0.159 e. The third-order valence-corrected chi connectivity index (χ3v) is 5.44. The molecule has 0 fully saturated rings. The molecule has 0 atom stereocenters. The molecule has 0 aromatic heterocycles. The predicted octanol–water partition coefficient (Wildman–Crippen LogP) is 3.13. The van der Waals surface area contributed by atoms with E-state index in [1.165, 1.54) is 33.1 Å². The predicted molar refractivity (Wildman–Crippen MR) is 71.9 cm³/mol. The highest BCUT2D eigenvalue weighted by atomic mass is 32.2. The van der Waals surface area contributed by atoms with Crippen LogP contribution in [0.2, 0.25) is 0 Å². The van der Waals surface area contributed by atoms with Crippen molar-refractivity contribution in [1.29, 1.82) is 0 Å². The summed E-state index contributed by atoms with van der Waals surface area (Å²) in [7, 11) is -3.30. The number of hydrogen-bond donors (Lipinski definition) is 0. The van der Waals surface area contributed by atoms with Crippen LogP contribution in [0.1, 0.15) is 65.7 Å². The van der Waals surface area contributed by atoms with Gasteiger partial charge in [0.2, 0.25) is 0 Å². The van der Waals surface area contributed by atoms with Crippen LogP contribution in [0.5, 0.6) is 0 Å². The van der Waals surface area contributed by atoms with Gasteiger partial charge in [-0.05, 0) is 20.3 Å². The van der Waals surface area contributed by atoms with Crippen molar-refractivity contribution in [2.75, 3.05) is 6.26 Å². The molecular weight excluding hydrogens is 236 g/mol. The molecule has 17 heavy (non-hydrogen) atoms. The zero-order chi connectivity index (χ0) is 13.5. The van der Waals surface area contributed by atoms with Crippen molar-refractivity contribution in [1.82, 2.24) is 0 Å². The Hall–Kier alpha value is -0.380. The summed E-state index contributed by atoms with van der Waals surface area (Å²) in [6.45, 7) is 5.17. The molecule has 0 bridgehead atoms. The second-order valence-corrected chi connectivity index (χ2v) is 7.79. The van der Waals surface area contributed by atoms with Gasteiger partial charge in [-0.1, -0.05) is 39.0 Å². The fraction of sp³-hybridized carbons (Fsp3) is 0.923. The van der Waals surface area contributed by atoms with Crippen molar-refractivity contribution in [2.24, 2.45) is 0 Å². The van der Waals surface area contributed by atoms with E-state index >= 15 is 0 Å². The summed E-state index contributed by atoms with van der Waals surface area (Å²) in [5.41, 5.74) is 0. The van der Waals surface area contributed by atoms with E-state index in [1.54, 1.807) is 0 Å². The molecule has 0 heterocycles. The van der Waals surface area contributed by atoms with Gasteiger partial charge in [0.15, 0.2) is 15.6 Å². The molecule has 0 aliphatic carbocycles. The summed E-state index contributed by atoms with van der Waals surface area (Å²) in [6, 6.07) is 0. The third kappa shape index (κ3) is 5.66. The van der Waals surface area contributed by atoms with Crippen LogP contribution in [0.3, 0.4) is 0 Å². The van der Waals surface area contributed by atoms with E-state index in [2.05, 4.69) is 6.92 Å². The SMILES string of the molecule is CCCCCCCCC(=O)C(C)(C)S(C)(=O)=O. The normalized spacial score (nSPS) is 12.7. The topological polar surface area (TPSA) is 51.2 Å². The molecule has 0 unspecified atom stereocenters. The molecular formula is C13H26O3S. The minimum atomic E-state index is -3.30. The van der Waals surface area contributed by atoms with Crippen LogP contribution >= 0.6 is 0 Å². The van der Waals surface area contributed by atoms with Gasteiger partial charge >= 0.3 is 0 Å². The Morgan fingerprint density at radius 3 is 1.94 bits per heavy atom. The lowest BCUT2D eigenvalue weighted by molar-refractivity contribution is -0.120. The van der Waals surface area contributed by atoms with Crippen LogP contribution in [0.4, 0.5) is 0 Å². The fourth-order valence-corrected chi connectivity index (χ4v) is 2.09. The van der Waals surface area contributed by atoms with Crippen molar-refractivity contribution >= 4 is 15.6 Å². The number of hydrogen-bond acceptors (Lipinski definition) is 3. The summed E-state index contributed by atoms with van der Waals surface area (Å²) in [5, 5.41) is 0. The summed E-state index contributed by atoms with van der Waals surface area (Å²) < 4.78 is 21.7. The summed E-state index contributed by atoms with van der Waals surface area (Å²) in [4.78, 5) is 11.8. The molecule has 0 aliphatic heterocycles. The highest BCUT2D eigenvalue weighted by Crippen LogP contribution is 2.20. The van der Waals surface area contributed by atoms with Crippen molar-refractivity contribution in [2.45, 2.75) is 70.5 Å². The van der Waals surface area contributed by atoms with Crippen LogP contribution in [0.15, 0.2) is 0 Å². The van der Waals surface area contributed by atoms with Crippen molar-refractivity contribution in [3.8, 4) is 0 Å². The van der Waals surface area contributed by atoms with E-state index in [0.717, 1.165) is 25.5 Å². The number of rotatable bonds is 9. The van der Waals surface area contributed by atoms with E-state index in [9.17, 15) is 13.2 Å². The summed E-state index contributed by atoms with van der Waals surface area (Å²) in [5.74, 6) is -0.157. The molecule has 0 aliphatic rings. The van der Waals surface area contributed by atoms with Crippen LogP contribution in [-0.2, 0) is 14.6 Å². The number of sulfone groups is 1. The Balaban J connectivity index is 3.96. The highest BCUT2D eigenvalue weighted by Gasteiger charge is 2.37. The Kier molecular flexibility index (Phi) is 6.98. The molecule has 0 amide bonds. The number of unbranched alkanes of at least 4 members (excludes halogenated alkanes) is 5. The van der Waals surface area contributed by atoms with Gasteiger partial charge in [0, 0.05) is 12.7 Å². The first-order valence-electron chi connectivity index (χ1n) is 6.46. The van der Waals surface area contributed by atoms with Crippen molar-refractivity contribution < 1.29 is 13.2 Å². The number of carbonyl (C=O) groups excluding carboxylic acids is 1. The van der Waals surface area contributed by atoms with Crippen LogP contribution < -0.4 is 0 Å². The Morgan fingerprint density at radius 2 is 1.47 bits per heavy atom. The Labute approximate surface area is 106 Å². The minimum absolute atomic E-state index is 0.157. The first-order valence-corrected chi connectivity index (χ1v) is 8.35. The zero-order valence-electron chi connectivity index (χ0n) is 11.6. The smallest absolute Gasteiger partial charge is 0.159 e. The molecule has 0 radical (unpaired) electrons. The Morgan fingerprint density at radius 1 is 1.00 bits per heavy atom. The van der Waals surface area contributed by atoms with E-state index in [-0.39, 0.29) is 5.78 Å². The second-order valence-electron chi connectivity index (χ2n) is 5.22. The molecule has 3 nitrogen and oxygen atoms in total. The molecule has 4 heteroatoms. The molecule has 0 saturated heterocycles. The van der Waals surface area contributed by atoms with Gasteiger partial charge in [0.05, 0.1) is 0 Å². The van der Waals surface area contributed by atoms with Crippen LogP contribution in [0.25, 0.3) is 0 Å². The average Bonchev–Trinajstić information content (AvgIpc) is 2.21. The lowest BCUT2D eigenvalue weighted by Crippen LogP contribution is -2.39. The van der Waals surface area contributed by atoms with Gasteiger partial charge < -0.3 is 0 Å². The lowest BCUT2D eigenvalue weighted by atomic mass is 10.0. The number of carbonyl (C=O) groups is 1. The molecule has 102 valence electrons. The van der Waals surface area contributed by atoms with Gasteiger partial charge in [0.25, 0.3) is 0 Å². The molecule has 0 aromatic rings. The Bertz CT molecular complexity index is 329. The largest absolute Gasteiger partial charge is 0.298 e. The monoisotopic (exact) mass is 262 g/mol. The van der Waals surface area contributed by atoms with Gasteiger partial charge in [0.1, 0.15) is 4.75 Å². The first-order chi connectivity index (χ1) is 7.73. The van der Waals surface area contributed by atoms with Crippen LogP contribution in [0, 0.1) is 0 Å². The quantitative estimate of drug-likeness (QED) is 0.600. The van der Waals surface area contributed by atoms with Gasteiger partial charge in [-0.3, -0.25) is 4.79 Å². The number of Topliss-reactive ketones (excluding diaryl/α,β-unsaturated/α-hetero) is 1. The van der Waals surface area contributed by atoms with Gasteiger partial charge in [-0.25, -0.2) is 8.42 Å². The van der Waals surface area contributed by atoms with Crippen molar-refractivity contribution in [3.05, 3.63) is 0 Å². The standard InChI is InChI=1S/C13H26O3S/c1-5-6-7-8-9-10-11-12(14)13(2,3)17(4,15)16/h5-11H2,1-4H3. The molecule has 0 rings (SSSR count). The lowest BCUT2D eigenvalue weighted by Gasteiger charge is -2.20. The number of ketones is 1. The summed E-state index contributed by atoms with van der Waals surface area (Å²) >= 11 is 0. The van der Waals surface area contributed by atoms with Crippen molar-refractivity contribution in [3.63, 3.8) is 0 Å². The first kappa shape index (κ1) is 16.6. The maximum absolute atomic E-state index is 11.8. The van der Waals surface area contributed by atoms with E-state index in [4.69, 9.17) is 0 Å². The minimum Gasteiger partial charge on any atom is -0.298 e. The van der Waals surface area contributed by atoms with Gasteiger partial charge in [-0.15, -0.1) is 0 Å². The van der Waals surface area contributed by atoms with E-state index < -0.39 is 14.6 Å². The van der Waals surface area contributed by atoms with Gasteiger partial charge in [-0.2, -0.15) is 0 Å². The fourth-order valence-electron chi connectivity index (χ4n) is 1.57. The van der Waals surface area contributed by atoms with Crippen LogP contribution in [-0.4, -0.2) is 25.2 Å².